The summed E-state index contributed by atoms with van der Waals surface area (Å²) in [5, 5.41) is 11.9. The molecule has 0 aliphatic heterocycles. The molecule has 20 heavy (non-hydrogen) atoms. The van der Waals surface area contributed by atoms with Crippen LogP contribution in [0.15, 0.2) is 11.5 Å². The van der Waals surface area contributed by atoms with Crippen LogP contribution in [0.2, 0.25) is 0 Å². The van der Waals surface area contributed by atoms with Crippen LogP contribution in [0, 0.1) is 0 Å². The average Bonchev–Trinajstić information content (AvgIpc) is 3.00. The molecule has 0 saturated carbocycles. The Morgan fingerprint density at radius 1 is 1.60 bits per heavy atom. The summed E-state index contributed by atoms with van der Waals surface area (Å²) in [5.74, 6) is 0.614. The Morgan fingerprint density at radius 3 is 3.05 bits per heavy atom. The topological polar surface area (TPSA) is 98.7 Å². The number of aromatic nitrogens is 4. The Kier molecular flexibility index (Phi) is 4.96. The van der Waals surface area contributed by atoms with Gasteiger partial charge in [0.05, 0.1) is 5.69 Å². The van der Waals surface area contributed by atoms with E-state index in [0.29, 0.717) is 23.0 Å². The van der Waals surface area contributed by atoms with Gasteiger partial charge in [-0.2, -0.15) is 0 Å². The number of nitrogens with one attached hydrogen (secondary N) is 1. The van der Waals surface area contributed by atoms with Crippen LogP contribution < -0.4 is 11.1 Å². The molecule has 0 aliphatic carbocycles. The summed E-state index contributed by atoms with van der Waals surface area (Å²) in [4.78, 5) is 16.8. The van der Waals surface area contributed by atoms with Gasteiger partial charge in [0.2, 0.25) is 0 Å². The first-order valence-corrected chi connectivity index (χ1v) is 7.92. The number of nitrogens with two attached hydrogens (primary N) is 1. The molecule has 0 saturated heterocycles. The molecule has 2 aromatic rings. The van der Waals surface area contributed by atoms with Gasteiger partial charge >= 0.3 is 0 Å². The van der Waals surface area contributed by atoms with Gasteiger partial charge in [-0.15, -0.1) is 10.2 Å². The van der Waals surface area contributed by atoms with Crippen molar-refractivity contribution in [3.05, 3.63) is 16.9 Å². The number of thiazole rings is 1. The zero-order chi connectivity index (χ0) is 14.5. The number of carbonyl (C=O) groups excluding carboxylic acids is 1. The van der Waals surface area contributed by atoms with Gasteiger partial charge in [-0.1, -0.05) is 30.0 Å². The molecule has 0 unspecified atom stereocenters. The second kappa shape index (κ2) is 6.71. The Labute approximate surface area is 125 Å². The van der Waals surface area contributed by atoms with Gasteiger partial charge in [-0.25, -0.2) is 4.98 Å². The van der Waals surface area contributed by atoms with Gasteiger partial charge in [-0.05, 0) is 6.42 Å². The van der Waals surface area contributed by atoms with Crippen LogP contribution >= 0.6 is 23.1 Å². The van der Waals surface area contributed by atoms with E-state index in [1.54, 1.807) is 18.1 Å². The summed E-state index contributed by atoms with van der Waals surface area (Å²) in [6, 6.07) is 0. The van der Waals surface area contributed by atoms with Crippen molar-refractivity contribution in [2.24, 2.45) is 7.05 Å². The van der Waals surface area contributed by atoms with Crippen molar-refractivity contribution in [2.75, 3.05) is 18.0 Å². The molecule has 108 valence electrons. The maximum absolute atomic E-state index is 12.0. The molecule has 0 radical (unpaired) electrons. The summed E-state index contributed by atoms with van der Waals surface area (Å²) >= 11 is 2.77. The van der Waals surface area contributed by atoms with Crippen molar-refractivity contribution in [3.8, 4) is 0 Å². The van der Waals surface area contributed by atoms with Crippen LogP contribution in [-0.2, 0) is 13.5 Å². The second-order valence-corrected chi connectivity index (χ2v) is 6.10. The van der Waals surface area contributed by atoms with Gasteiger partial charge in [0, 0.05) is 19.3 Å². The van der Waals surface area contributed by atoms with Gasteiger partial charge in [0.1, 0.15) is 11.2 Å². The van der Waals surface area contributed by atoms with Gasteiger partial charge in [0.25, 0.3) is 5.91 Å². The molecule has 0 fully saturated rings. The van der Waals surface area contributed by atoms with Crippen molar-refractivity contribution in [1.82, 2.24) is 25.1 Å². The molecule has 0 spiro atoms. The lowest BCUT2D eigenvalue weighted by Gasteiger charge is -2.04. The number of anilines is 1. The van der Waals surface area contributed by atoms with Gasteiger partial charge in [-0.3, -0.25) is 4.79 Å². The lowest BCUT2D eigenvalue weighted by atomic mass is 10.3. The van der Waals surface area contributed by atoms with E-state index in [4.69, 9.17) is 5.73 Å². The van der Waals surface area contributed by atoms with Crippen LogP contribution in [0.1, 0.15) is 22.3 Å². The first-order valence-electron chi connectivity index (χ1n) is 6.12. The van der Waals surface area contributed by atoms with Crippen molar-refractivity contribution >= 4 is 34.1 Å². The van der Waals surface area contributed by atoms with E-state index in [1.165, 1.54) is 11.3 Å². The summed E-state index contributed by atoms with van der Waals surface area (Å²) in [6.45, 7) is 2.51. The first kappa shape index (κ1) is 14.8. The standard InChI is InChI=1S/C11H16N6OS2/c1-3-7-8(20-10(12)15-7)9(18)13-4-5-19-11-16-14-6-17(11)2/h6H,3-5H2,1-2H3,(H2,12,15)(H,13,18). The van der Waals surface area contributed by atoms with Gasteiger partial charge in [0.15, 0.2) is 10.3 Å². The summed E-state index contributed by atoms with van der Waals surface area (Å²) in [6.07, 6.45) is 2.35. The Bertz CT molecular complexity index is 594. The predicted octanol–water partition coefficient (Wildman–Crippen LogP) is 0.938. The molecule has 0 bridgehead atoms. The third-order valence-electron chi connectivity index (χ3n) is 2.54. The molecule has 2 aromatic heterocycles. The molecule has 0 aromatic carbocycles. The normalized spacial score (nSPS) is 10.7. The van der Waals surface area contributed by atoms with E-state index in [0.717, 1.165) is 16.6 Å². The lowest BCUT2D eigenvalue weighted by Crippen LogP contribution is -2.25. The summed E-state index contributed by atoms with van der Waals surface area (Å²) in [7, 11) is 1.88. The van der Waals surface area contributed by atoms with Crippen LogP contribution in [0.5, 0.6) is 0 Å². The fourth-order valence-corrected chi connectivity index (χ4v) is 3.16. The largest absolute Gasteiger partial charge is 0.375 e. The highest BCUT2D eigenvalue weighted by atomic mass is 32.2. The van der Waals surface area contributed by atoms with Crippen molar-refractivity contribution < 1.29 is 4.79 Å². The predicted molar refractivity (Wildman–Crippen MR) is 80.0 cm³/mol. The summed E-state index contributed by atoms with van der Waals surface area (Å²) < 4.78 is 1.84. The van der Waals surface area contributed by atoms with E-state index in [-0.39, 0.29) is 5.91 Å². The number of amides is 1. The number of carbonyl (C=O) groups is 1. The second-order valence-electron chi connectivity index (χ2n) is 4.01. The van der Waals surface area contributed by atoms with E-state index in [9.17, 15) is 4.79 Å². The molecular formula is C11H16N6OS2. The number of aryl methyl sites for hydroxylation is 2. The maximum atomic E-state index is 12.0. The smallest absolute Gasteiger partial charge is 0.263 e. The third kappa shape index (κ3) is 3.48. The highest BCUT2D eigenvalue weighted by molar-refractivity contribution is 7.99. The van der Waals surface area contributed by atoms with Crippen LogP contribution in [0.3, 0.4) is 0 Å². The van der Waals surface area contributed by atoms with Crippen molar-refractivity contribution in [3.63, 3.8) is 0 Å². The molecule has 3 N–H and O–H groups in total. The minimum absolute atomic E-state index is 0.116. The number of hydrogen-bond acceptors (Lipinski definition) is 7. The van der Waals surface area contributed by atoms with E-state index >= 15 is 0 Å². The highest BCUT2D eigenvalue weighted by Gasteiger charge is 2.15. The van der Waals surface area contributed by atoms with E-state index in [1.807, 2.05) is 18.5 Å². The first-order chi connectivity index (χ1) is 9.61. The Balaban J connectivity index is 1.82. The SMILES string of the molecule is CCc1nc(N)sc1C(=O)NCCSc1nncn1C. The van der Waals surface area contributed by atoms with Crippen LogP contribution in [-0.4, -0.2) is 38.0 Å². The lowest BCUT2D eigenvalue weighted by molar-refractivity contribution is 0.0959. The number of nitrogens with zero attached hydrogens (tertiary/aromatic N) is 4. The molecule has 9 heteroatoms. The Morgan fingerprint density at radius 2 is 2.40 bits per heavy atom. The van der Waals surface area contributed by atoms with Crippen molar-refractivity contribution in [1.29, 1.82) is 0 Å². The number of nitrogen functional groups attached to an aromatic ring is 1. The van der Waals surface area contributed by atoms with E-state index in [2.05, 4.69) is 20.5 Å². The molecule has 0 aliphatic rings. The van der Waals surface area contributed by atoms with Crippen LogP contribution in [0.25, 0.3) is 0 Å². The number of thioether (sulfide) groups is 1. The third-order valence-corrected chi connectivity index (χ3v) is 4.51. The number of rotatable bonds is 6. The van der Waals surface area contributed by atoms with E-state index < -0.39 is 0 Å². The fourth-order valence-electron chi connectivity index (χ4n) is 1.58. The highest BCUT2D eigenvalue weighted by Crippen LogP contribution is 2.20. The molecule has 2 rings (SSSR count). The minimum atomic E-state index is -0.116. The quantitative estimate of drug-likeness (QED) is 0.608. The molecule has 1 amide bonds. The molecule has 0 atom stereocenters. The zero-order valence-corrected chi connectivity index (χ0v) is 12.9. The minimum Gasteiger partial charge on any atom is -0.375 e. The molecule has 7 nitrogen and oxygen atoms in total. The maximum Gasteiger partial charge on any atom is 0.263 e. The van der Waals surface area contributed by atoms with Crippen molar-refractivity contribution in [2.45, 2.75) is 18.5 Å². The molecule has 2 heterocycles. The average molecular weight is 312 g/mol. The van der Waals surface area contributed by atoms with Gasteiger partial charge < -0.3 is 15.6 Å². The van der Waals surface area contributed by atoms with Crippen LogP contribution in [0.4, 0.5) is 5.13 Å². The monoisotopic (exact) mass is 312 g/mol. The zero-order valence-electron chi connectivity index (χ0n) is 11.3. The fraction of sp³-hybridized carbons (Fsp3) is 0.455. The summed E-state index contributed by atoms with van der Waals surface area (Å²) in [5.41, 5.74) is 6.39. The number of hydrogen-bond donors (Lipinski definition) is 2. The molecular weight excluding hydrogens is 296 g/mol. The Hall–Kier alpha value is -1.61.